The topological polar surface area (TPSA) is 86.8 Å². The SMILES string of the molecule is Cc1ccc(Nc2cc(/C(NC/C=C\C=N)=C(/N)c3cccc(C)c3)ccn2)cc1. The Balaban J connectivity index is 1.96. The molecule has 5 N–H and O–H groups in total. The van der Waals surface area contributed by atoms with E-state index in [9.17, 15) is 0 Å². The zero-order chi connectivity index (χ0) is 21.3. The molecule has 0 bridgehead atoms. The van der Waals surface area contributed by atoms with Gasteiger partial charge in [-0.15, -0.1) is 0 Å². The maximum absolute atomic E-state index is 7.15. The van der Waals surface area contributed by atoms with Crippen molar-refractivity contribution in [1.82, 2.24) is 10.3 Å². The van der Waals surface area contributed by atoms with Crippen molar-refractivity contribution < 1.29 is 0 Å². The summed E-state index contributed by atoms with van der Waals surface area (Å²) in [6.07, 6.45) is 6.59. The van der Waals surface area contributed by atoms with E-state index in [1.807, 2.05) is 55.5 Å². The lowest BCUT2D eigenvalue weighted by Gasteiger charge is -2.16. The van der Waals surface area contributed by atoms with Crippen molar-refractivity contribution in [3.63, 3.8) is 0 Å². The van der Waals surface area contributed by atoms with E-state index in [0.717, 1.165) is 33.9 Å². The minimum absolute atomic E-state index is 0.556. The van der Waals surface area contributed by atoms with Crippen LogP contribution in [-0.2, 0) is 0 Å². The van der Waals surface area contributed by atoms with Gasteiger partial charge in [0.2, 0.25) is 0 Å². The lowest BCUT2D eigenvalue weighted by Crippen LogP contribution is -2.17. The van der Waals surface area contributed by atoms with Crippen molar-refractivity contribution in [3.8, 4) is 0 Å². The van der Waals surface area contributed by atoms with Crippen LogP contribution >= 0.6 is 0 Å². The predicted octanol–water partition coefficient (Wildman–Crippen LogP) is 5.02. The molecule has 3 aromatic rings. The van der Waals surface area contributed by atoms with Gasteiger partial charge in [0.15, 0.2) is 0 Å². The van der Waals surface area contributed by atoms with Crippen LogP contribution in [0, 0.1) is 19.3 Å². The molecule has 152 valence electrons. The monoisotopic (exact) mass is 397 g/mol. The highest BCUT2D eigenvalue weighted by Gasteiger charge is 2.10. The normalized spacial score (nSPS) is 11.8. The van der Waals surface area contributed by atoms with Crippen LogP contribution < -0.4 is 16.4 Å². The molecule has 2 aromatic carbocycles. The fourth-order valence-corrected chi connectivity index (χ4v) is 3.05. The highest BCUT2D eigenvalue weighted by atomic mass is 15.0. The number of anilines is 2. The van der Waals surface area contributed by atoms with Crippen molar-refractivity contribution in [2.75, 3.05) is 11.9 Å². The maximum atomic E-state index is 7.15. The van der Waals surface area contributed by atoms with Gasteiger partial charge in [0.25, 0.3) is 0 Å². The van der Waals surface area contributed by atoms with Crippen LogP contribution in [0.5, 0.6) is 0 Å². The van der Waals surface area contributed by atoms with Crippen LogP contribution in [0.15, 0.2) is 79.0 Å². The number of rotatable bonds is 8. The number of nitrogens with one attached hydrogen (secondary N) is 3. The number of nitrogens with zero attached hydrogens (tertiary/aromatic N) is 1. The third-order valence-electron chi connectivity index (χ3n) is 4.60. The molecule has 0 aliphatic rings. The van der Waals surface area contributed by atoms with E-state index >= 15 is 0 Å². The Morgan fingerprint density at radius 1 is 1.00 bits per heavy atom. The fourth-order valence-electron chi connectivity index (χ4n) is 3.05. The van der Waals surface area contributed by atoms with Gasteiger partial charge in [-0.2, -0.15) is 0 Å². The number of pyridine rings is 1. The van der Waals surface area contributed by atoms with E-state index in [1.165, 1.54) is 11.8 Å². The van der Waals surface area contributed by atoms with Crippen LogP contribution in [0.2, 0.25) is 0 Å². The Labute approximate surface area is 177 Å². The van der Waals surface area contributed by atoms with Gasteiger partial charge in [-0.05, 0) is 55.8 Å². The maximum Gasteiger partial charge on any atom is 0.130 e. The summed E-state index contributed by atoms with van der Waals surface area (Å²) in [7, 11) is 0. The average Bonchev–Trinajstić information content (AvgIpc) is 2.75. The van der Waals surface area contributed by atoms with Crippen molar-refractivity contribution in [1.29, 1.82) is 5.41 Å². The Kier molecular flexibility index (Phi) is 7.00. The lowest BCUT2D eigenvalue weighted by molar-refractivity contribution is 1.01. The van der Waals surface area contributed by atoms with Crippen molar-refractivity contribution in [2.24, 2.45) is 5.73 Å². The molecule has 0 atom stereocenters. The second-order valence-electron chi connectivity index (χ2n) is 7.05. The molecule has 0 unspecified atom stereocenters. The summed E-state index contributed by atoms with van der Waals surface area (Å²) in [5.41, 5.74) is 13.3. The second-order valence-corrected chi connectivity index (χ2v) is 7.05. The van der Waals surface area contributed by atoms with Crippen molar-refractivity contribution in [2.45, 2.75) is 13.8 Å². The molecule has 0 spiro atoms. The van der Waals surface area contributed by atoms with Crippen LogP contribution in [-0.4, -0.2) is 17.7 Å². The minimum atomic E-state index is 0.556. The lowest BCUT2D eigenvalue weighted by atomic mass is 10.0. The van der Waals surface area contributed by atoms with E-state index in [1.54, 1.807) is 12.3 Å². The van der Waals surface area contributed by atoms with Gasteiger partial charge in [-0.25, -0.2) is 4.98 Å². The molecule has 0 saturated carbocycles. The standard InChI is InChI=1S/C25H27N5/c1-18-8-10-22(11-9-18)30-23-17-21(12-15-28-23)25(29-14-4-3-13-26)24(27)20-7-5-6-19(2)16-20/h3-13,15-17,26,29H,14,27H2,1-2H3,(H,28,30)/b4-3-,25-24-,26-13?. The minimum Gasteiger partial charge on any atom is -0.397 e. The first-order chi connectivity index (χ1) is 14.6. The molecule has 5 nitrogen and oxygen atoms in total. The first-order valence-electron chi connectivity index (χ1n) is 9.83. The van der Waals surface area contributed by atoms with Crippen LogP contribution in [0.25, 0.3) is 11.4 Å². The predicted molar refractivity (Wildman–Crippen MR) is 127 cm³/mol. The Bertz CT molecular complexity index is 1060. The molecule has 0 fully saturated rings. The van der Waals surface area contributed by atoms with Gasteiger partial charge in [0.05, 0.1) is 11.4 Å². The van der Waals surface area contributed by atoms with E-state index in [2.05, 4.69) is 40.7 Å². The van der Waals surface area contributed by atoms with Gasteiger partial charge in [-0.3, -0.25) is 0 Å². The third-order valence-corrected chi connectivity index (χ3v) is 4.60. The molecule has 5 heteroatoms. The molecule has 3 rings (SSSR count). The molecule has 1 heterocycles. The molecule has 0 aliphatic heterocycles. The van der Waals surface area contributed by atoms with Crippen molar-refractivity contribution in [3.05, 3.63) is 101 Å². The smallest absolute Gasteiger partial charge is 0.130 e. The zero-order valence-electron chi connectivity index (χ0n) is 17.3. The summed E-state index contributed by atoms with van der Waals surface area (Å²) in [4.78, 5) is 4.45. The molecule has 0 radical (unpaired) electrons. The number of nitrogens with two attached hydrogens (primary N) is 1. The van der Waals surface area contributed by atoms with E-state index < -0.39 is 0 Å². The molecule has 1 aromatic heterocycles. The molecule has 0 amide bonds. The number of aryl methyl sites for hydroxylation is 2. The number of hydrogen-bond acceptors (Lipinski definition) is 5. The summed E-state index contributed by atoms with van der Waals surface area (Å²) in [6, 6.07) is 20.2. The van der Waals surface area contributed by atoms with Gasteiger partial charge < -0.3 is 21.8 Å². The highest BCUT2D eigenvalue weighted by molar-refractivity contribution is 5.89. The van der Waals surface area contributed by atoms with E-state index in [0.29, 0.717) is 12.2 Å². The molecular formula is C25H27N5. The van der Waals surface area contributed by atoms with Crippen molar-refractivity contribution >= 4 is 29.1 Å². The second kappa shape index (κ2) is 10.1. The highest BCUT2D eigenvalue weighted by Crippen LogP contribution is 2.24. The van der Waals surface area contributed by atoms with E-state index in [-0.39, 0.29) is 0 Å². The number of allylic oxidation sites excluding steroid dienone is 1. The molecule has 0 saturated heterocycles. The molecule has 30 heavy (non-hydrogen) atoms. The first kappa shape index (κ1) is 20.9. The van der Waals surface area contributed by atoms with Gasteiger partial charge >= 0.3 is 0 Å². The number of benzene rings is 2. The fraction of sp³-hybridized carbons (Fsp3) is 0.120. The molecular weight excluding hydrogens is 370 g/mol. The third kappa shape index (κ3) is 5.58. The Morgan fingerprint density at radius 2 is 1.80 bits per heavy atom. The largest absolute Gasteiger partial charge is 0.397 e. The first-order valence-corrected chi connectivity index (χ1v) is 9.83. The molecule has 0 aliphatic carbocycles. The summed E-state index contributed by atoms with van der Waals surface area (Å²) < 4.78 is 0. The zero-order valence-corrected chi connectivity index (χ0v) is 17.3. The van der Waals surface area contributed by atoms with Gasteiger partial charge in [0.1, 0.15) is 5.82 Å². The summed E-state index contributed by atoms with van der Waals surface area (Å²) in [5.74, 6) is 0.739. The summed E-state index contributed by atoms with van der Waals surface area (Å²) in [5, 5.41) is 13.9. The van der Waals surface area contributed by atoms with E-state index in [4.69, 9.17) is 11.1 Å². The number of hydrogen-bond donors (Lipinski definition) is 4. The van der Waals surface area contributed by atoms with Crippen LogP contribution in [0.1, 0.15) is 22.3 Å². The summed E-state index contributed by atoms with van der Waals surface area (Å²) in [6.45, 7) is 4.67. The Morgan fingerprint density at radius 3 is 2.53 bits per heavy atom. The van der Waals surface area contributed by atoms with Gasteiger partial charge in [0, 0.05) is 30.2 Å². The summed E-state index contributed by atoms with van der Waals surface area (Å²) >= 11 is 0. The van der Waals surface area contributed by atoms with Crippen LogP contribution in [0.3, 0.4) is 0 Å². The quantitative estimate of drug-likeness (QED) is 0.402. The number of aromatic nitrogens is 1. The van der Waals surface area contributed by atoms with Crippen LogP contribution in [0.4, 0.5) is 11.5 Å². The average molecular weight is 398 g/mol. The Hall–Kier alpha value is -3.86. The van der Waals surface area contributed by atoms with Gasteiger partial charge in [-0.1, -0.05) is 47.5 Å².